The maximum absolute atomic E-state index is 12.4. The molecule has 24 heavy (non-hydrogen) atoms. The number of thioether (sulfide) groups is 1. The van der Waals surface area contributed by atoms with Gasteiger partial charge >= 0.3 is 12.1 Å². The highest BCUT2D eigenvalue weighted by atomic mass is 32.2. The second kappa shape index (κ2) is 6.55. The van der Waals surface area contributed by atoms with Crippen molar-refractivity contribution < 1.29 is 9.59 Å². The number of piperazine rings is 1. The van der Waals surface area contributed by atoms with E-state index >= 15 is 0 Å². The second-order valence-electron chi connectivity index (χ2n) is 7.15. The molecular weight excluding hydrogens is 324 g/mol. The smallest absolute Gasteiger partial charge is 0.321 e. The van der Waals surface area contributed by atoms with Gasteiger partial charge in [-0.15, -0.1) is 11.8 Å². The first-order valence-electron chi connectivity index (χ1n) is 8.21. The Morgan fingerprint density at radius 1 is 1.25 bits per heavy atom. The predicted octanol–water partition coefficient (Wildman–Crippen LogP) is 2.82. The van der Waals surface area contributed by atoms with Gasteiger partial charge < -0.3 is 20.4 Å². The number of fused-ring (bicyclic) bond motifs is 1. The summed E-state index contributed by atoms with van der Waals surface area (Å²) in [4.78, 5) is 28.8. The van der Waals surface area contributed by atoms with Crippen molar-refractivity contribution in [3.8, 4) is 0 Å². The number of hydrogen-bond acceptors (Lipinski definition) is 3. The maximum atomic E-state index is 12.4. The van der Waals surface area contributed by atoms with Crippen molar-refractivity contribution in [2.75, 3.05) is 31.5 Å². The lowest BCUT2D eigenvalue weighted by atomic mass is 10.2. The Labute approximate surface area is 146 Å². The average Bonchev–Trinajstić information content (AvgIpc) is 2.88. The summed E-state index contributed by atoms with van der Waals surface area (Å²) in [5.41, 5.74) is 0.793. The Bertz CT molecular complexity index is 626. The Kier molecular flexibility index (Phi) is 4.62. The van der Waals surface area contributed by atoms with E-state index in [1.807, 2.05) is 29.2 Å². The van der Waals surface area contributed by atoms with Gasteiger partial charge in [0.25, 0.3) is 0 Å². The van der Waals surface area contributed by atoms with Crippen molar-refractivity contribution in [3.05, 3.63) is 24.3 Å². The zero-order chi connectivity index (χ0) is 17.3. The van der Waals surface area contributed by atoms with Crippen molar-refractivity contribution >= 4 is 29.5 Å². The van der Waals surface area contributed by atoms with Crippen LogP contribution < -0.4 is 10.6 Å². The van der Waals surface area contributed by atoms with Gasteiger partial charge in [0.15, 0.2) is 0 Å². The second-order valence-corrected chi connectivity index (χ2v) is 9.05. The number of amides is 4. The SMILES string of the molecule is CC(C)(C)Sc1ccc(NC(=O)N2CCN3C(=O)NC[C@H]3C2)cc1. The lowest BCUT2D eigenvalue weighted by Gasteiger charge is -2.36. The zero-order valence-corrected chi connectivity index (χ0v) is 15.2. The number of nitrogens with one attached hydrogen (secondary N) is 2. The highest BCUT2D eigenvalue weighted by Gasteiger charge is 2.36. The molecule has 130 valence electrons. The molecule has 2 saturated heterocycles. The highest BCUT2D eigenvalue weighted by molar-refractivity contribution is 8.00. The summed E-state index contributed by atoms with van der Waals surface area (Å²) in [6.07, 6.45) is 0. The fourth-order valence-corrected chi connectivity index (χ4v) is 3.93. The lowest BCUT2D eigenvalue weighted by molar-refractivity contribution is 0.136. The topological polar surface area (TPSA) is 64.7 Å². The summed E-state index contributed by atoms with van der Waals surface area (Å²) in [5.74, 6) is 0. The van der Waals surface area contributed by atoms with Crippen LogP contribution in [0.4, 0.5) is 15.3 Å². The molecule has 2 N–H and O–H groups in total. The van der Waals surface area contributed by atoms with Crippen LogP contribution in [0.2, 0.25) is 0 Å². The van der Waals surface area contributed by atoms with E-state index in [0.29, 0.717) is 26.2 Å². The quantitative estimate of drug-likeness (QED) is 0.808. The van der Waals surface area contributed by atoms with Crippen molar-refractivity contribution in [2.45, 2.75) is 36.5 Å². The third kappa shape index (κ3) is 3.95. The molecule has 1 atom stereocenters. The van der Waals surface area contributed by atoms with Crippen LogP contribution in [0.1, 0.15) is 20.8 Å². The van der Waals surface area contributed by atoms with Crippen LogP contribution in [0.5, 0.6) is 0 Å². The minimum Gasteiger partial charge on any atom is -0.336 e. The number of carbonyl (C=O) groups excluding carboxylic acids is 2. The molecule has 0 aliphatic carbocycles. The molecule has 3 rings (SSSR count). The molecule has 2 fully saturated rings. The number of nitrogens with zero attached hydrogens (tertiary/aromatic N) is 2. The first-order chi connectivity index (χ1) is 11.3. The molecule has 1 aromatic rings. The summed E-state index contributed by atoms with van der Waals surface area (Å²) in [6, 6.07) is 7.89. The molecule has 2 aliphatic heterocycles. The van der Waals surface area contributed by atoms with E-state index in [0.717, 1.165) is 5.69 Å². The Hall–Kier alpha value is -1.89. The van der Waals surface area contributed by atoms with Crippen LogP contribution in [-0.4, -0.2) is 58.8 Å². The first kappa shape index (κ1) is 17.0. The minimum atomic E-state index is -0.106. The predicted molar refractivity (Wildman–Crippen MR) is 96.5 cm³/mol. The van der Waals surface area contributed by atoms with Crippen molar-refractivity contribution in [1.29, 1.82) is 0 Å². The Morgan fingerprint density at radius 3 is 2.62 bits per heavy atom. The minimum absolute atomic E-state index is 0.0213. The van der Waals surface area contributed by atoms with E-state index in [2.05, 4.69) is 31.4 Å². The van der Waals surface area contributed by atoms with E-state index in [1.54, 1.807) is 16.7 Å². The molecule has 7 heteroatoms. The summed E-state index contributed by atoms with van der Waals surface area (Å²) in [5, 5.41) is 5.77. The highest BCUT2D eigenvalue weighted by Crippen LogP contribution is 2.32. The molecule has 2 heterocycles. The number of carbonyl (C=O) groups is 2. The number of rotatable bonds is 2. The standard InChI is InChI=1S/C17H24N4O2S/c1-17(2,3)24-14-6-4-12(5-7-14)19-16(23)20-8-9-21-13(11-20)10-18-15(21)22/h4-7,13H,8-11H2,1-3H3,(H,18,22)(H,19,23)/t13-/m0/s1. The van der Waals surface area contributed by atoms with Crippen LogP contribution in [-0.2, 0) is 0 Å². The molecule has 6 nitrogen and oxygen atoms in total. The van der Waals surface area contributed by atoms with Crippen LogP contribution in [0, 0.1) is 0 Å². The summed E-state index contributed by atoms with van der Waals surface area (Å²) < 4.78 is 0.164. The fourth-order valence-electron chi connectivity index (χ4n) is 2.95. The van der Waals surface area contributed by atoms with Crippen LogP contribution in [0.15, 0.2) is 29.2 Å². The molecule has 0 unspecified atom stereocenters. The van der Waals surface area contributed by atoms with E-state index in [-0.39, 0.29) is 22.9 Å². The molecule has 0 saturated carbocycles. The summed E-state index contributed by atoms with van der Waals surface area (Å²) in [6.45, 7) is 8.86. The molecule has 4 amide bonds. The third-order valence-electron chi connectivity index (χ3n) is 4.05. The zero-order valence-electron chi connectivity index (χ0n) is 14.3. The van der Waals surface area contributed by atoms with Gasteiger partial charge in [-0.3, -0.25) is 0 Å². The van der Waals surface area contributed by atoms with Gasteiger partial charge in [0.1, 0.15) is 0 Å². The Balaban J connectivity index is 1.56. The van der Waals surface area contributed by atoms with E-state index in [1.165, 1.54) is 4.90 Å². The fraction of sp³-hybridized carbons (Fsp3) is 0.529. The van der Waals surface area contributed by atoms with Crippen LogP contribution >= 0.6 is 11.8 Å². The van der Waals surface area contributed by atoms with Gasteiger partial charge in [0.05, 0.1) is 6.04 Å². The number of hydrogen-bond donors (Lipinski definition) is 2. The third-order valence-corrected chi connectivity index (χ3v) is 5.17. The summed E-state index contributed by atoms with van der Waals surface area (Å²) in [7, 11) is 0. The molecule has 1 aromatic carbocycles. The largest absolute Gasteiger partial charge is 0.336 e. The molecule has 2 aliphatic rings. The summed E-state index contributed by atoms with van der Waals surface area (Å²) >= 11 is 1.80. The molecule has 0 radical (unpaired) electrons. The first-order valence-corrected chi connectivity index (χ1v) is 9.03. The van der Waals surface area contributed by atoms with Crippen molar-refractivity contribution in [1.82, 2.24) is 15.1 Å². The molecule has 0 aromatic heterocycles. The normalized spacial score (nSPS) is 20.6. The van der Waals surface area contributed by atoms with Gasteiger partial charge in [-0.1, -0.05) is 20.8 Å². The molecule has 0 bridgehead atoms. The lowest BCUT2D eigenvalue weighted by Crippen LogP contribution is -2.54. The van der Waals surface area contributed by atoms with Crippen LogP contribution in [0.25, 0.3) is 0 Å². The van der Waals surface area contributed by atoms with Gasteiger partial charge in [0.2, 0.25) is 0 Å². The van der Waals surface area contributed by atoms with Crippen molar-refractivity contribution in [3.63, 3.8) is 0 Å². The number of benzene rings is 1. The monoisotopic (exact) mass is 348 g/mol. The average molecular weight is 348 g/mol. The number of urea groups is 2. The van der Waals surface area contributed by atoms with Gasteiger partial charge in [-0.2, -0.15) is 0 Å². The van der Waals surface area contributed by atoms with E-state index < -0.39 is 0 Å². The van der Waals surface area contributed by atoms with E-state index in [4.69, 9.17) is 0 Å². The molecular formula is C17H24N4O2S. The van der Waals surface area contributed by atoms with Gasteiger partial charge in [-0.05, 0) is 24.3 Å². The van der Waals surface area contributed by atoms with Crippen LogP contribution in [0.3, 0.4) is 0 Å². The number of anilines is 1. The Morgan fingerprint density at radius 2 is 1.96 bits per heavy atom. The van der Waals surface area contributed by atoms with E-state index in [9.17, 15) is 9.59 Å². The molecule has 0 spiro atoms. The van der Waals surface area contributed by atoms with Gasteiger partial charge in [0, 0.05) is 41.5 Å². The van der Waals surface area contributed by atoms with Gasteiger partial charge in [-0.25, -0.2) is 9.59 Å². The maximum Gasteiger partial charge on any atom is 0.321 e. The van der Waals surface area contributed by atoms with Crippen molar-refractivity contribution in [2.24, 2.45) is 0 Å².